The van der Waals surface area contributed by atoms with E-state index >= 15 is 0 Å². The molecule has 0 bridgehead atoms. The third-order valence-corrected chi connectivity index (χ3v) is 4.37. The fraction of sp³-hybridized carbons (Fsp3) is 0.312. The van der Waals surface area contributed by atoms with Crippen LogP contribution in [0.25, 0.3) is 0 Å². The average Bonchev–Trinajstić information content (AvgIpc) is 3.04. The summed E-state index contributed by atoms with van der Waals surface area (Å²) in [6, 6.07) is 6.18. The summed E-state index contributed by atoms with van der Waals surface area (Å²) in [6.45, 7) is 1.48. The number of likely N-dealkylation sites (tertiary alicyclic amines) is 1. The van der Waals surface area contributed by atoms with Crippen LogP contribution in [0.2, 0.25) is 10.0 Å². The van der Waals surface area contributed by atoms with Gasteiger partial charge >= 0.3 is 0 Å². The van der Waals surface area contributed by atoms with Crippen molar-refractivity contribution in [1.82, 2.24) is 14.7 Å². The maximum absolute atomic E-state index is 12.4. The van der Waals surface area contributed by atoms with Crippen molar-refractivity contribution in [1.29, 1.82) is 0 Å². The quantitative estimate of drug-likeness (QED) is 0.831. The van der Waals surface area contributed by atoms with Crippen LogP contribution in [-0.4, -0.2) is 39.6 Å². The molecule has 1 aliphatic rings. The van der Waals surface area contributed by atoms with Gasteiger partial charge in [-0.1, -0.05) is 23.2 Å². The third-order valence-electron chi connectivity index (χ3n) is 3.82. The lowest BCUT2D eigenvalue weighted by Gasteiger charge is -2.25. The van der Waals surface area contributed by atoms with Gasteiger partial charge in [-0.05, 0) is 43.5 Å². The lowest BCUT2D eigenvalue weighted by atomic mass is 10.1. The predicted octanol–water partition coefficient (Wildman–Crippen LogP) is 3.50. The van der Waals surface area contributed by atoms with Crippen LogP contribution in [0, 0.1) is 0 Å². The molecular weight excluding hydrogens is 337 g/mol. The van der Waals surface area contributed by atoms with E-state index in [1.165, 1.54) is 12.3 Å². The highest BCUT2D eigenvalue weighted by molar-refractivity contribution is 6.36. The number of carbonyl (C=O) groups is 2. The standard InChI is InChI=1S/C16H15Cl2N3O2/c17-11-4-5-12(13(18)10-11)15(22)21-9-6-14(19-21)16(23)20-7-2-1-3-8-20/h4-6,9-10H,1-3,7-8H2. The maximum Gasteiger partial charge on any atom is 0.279 e. The smallest absolute Gasteiger partial charge is 0.279 e. The molecule has 5 nitrogen and oxygen atoms in total. The minimum Gasteiger partial charge on any atom is -0.337 e. The lowest BCUT2D eigenvalue weighted by molar-refractivity contribution is 0.0717. The first-order valence-electron chi connectivity index (χ1n) is 7.41. The Balaban J connectivity index is 1.80. The second-order valence-electron chi connectivity index (χ2n) is 5.43. The number of rotatable bonds is 2. The van der Waals surface area contributed by atoms with E-state index in [0.29, 0.717) is 5.02 Å². The van der Waals surface area contributed by atoms with Crippen molar-refractivity contribution >= 4 is 35.0 Å². The summed E-state index contributed by atoms with van der Waals surface area (Å²) >= 11 is 11.9. The van der Waals surface area contributed by atoms with Crippen molar-refractivity contribution in [2.75, 3.05) is 13.1 Å². The summed E-state index contributed by atoms with van der Waals surface area (Å²) in [7, 11) is 0. The Bertz CT molecular complexity index is 752. The molecule has 0 spiro atoms. The van der Waals surface area contributed by atoms with E-state index in [9.17, 15) is 9.59 Å². The number of hydrogen-bond donors (Lipinski definition) is 0. The fourth-order valence-corrected chi connectivity index (χ4v) is 3.09. The zero-order valence-corrected chi connectivity index (χ0v) is 13.8. The van der Waals surface area contributed by atoms with E-state index in [1.54, 1.807) is 23.1 Å². The Hall–Kier alpha value is -1.85. The molecule has 0 radical (unpaired) electrons. The third kappa shape index (κ3) is 3.41. The van der Waals surface area contributed by atoms with Gasteiger partial charge in [0, 0.05) is 24.3 Å². The van der Waals surface area contributed by atoms with Crippen LogP contribution < -0.4 is 0 Å². The Labute approximate surface area is 143 Å². The van der Waals surface area contributed by atoms with Crippen LogP contribution in [0.3, 0.4) is 0 Å². The van der Waals surface area contributed by atoms with Crippen molar-refractivity contribution in [3.05, 3.63) is 51.8 Å². The van der Waals surface area contributed by atoms with E-state index in [1.807, 2.05) is 0 Å². The number of nitrogens with zero attached hydrogens (tertiary/aromatic N) is 3. The van der Waals surface area contributed by atoms with Gasteiger partial charge in [0.25, 0.3) is 11.8 Å². The highest BCUT2D eigenvalue weighted by Gasteiger charge is 2.22. The van der Waals surface area contributed by atoms with Crippen LogP contribution in [0.4, 0.5) is 0 Å². The largest absolute Gasteiger partial charge is 0.337 e. The molecular formula is C16H15Cl2N3O2. The first-order chi connectivity index (χ1) is 11.1. The molecule has 0 atom stereocenters. The van der Waals surface area contributed by atoms with Crippen LogP contribution in [0.1, 0.15) is 40.1 Å². The topological polar surface area (TPSA) is 55.2 Å². The summed E-state index contributed by atoms with van der Waals surface area (Å²) < 4.78 is 1.13. The summed E-state index contributed by atoms with van der Waals surface area (Å²) in [5.41, 5.74) is 0.557. The van der Waals surface area contributed by atoms with E-state index in [2.05, 4.69) is 5.10 Å². The normalized spacial score (nSPS) is 14.8. The van der Waals surface area contributed by atoms with Crippen molar-refractivity contribution in [3.63, 3.8) is 0 Å². The summed E-state index contributed by atoms with van der Waals surface area (Å²) in [5, 5.41) is 4.81. The number of halogens is 2. The summed E-state index contributed by atoms with van der Waals surface area (Å²) in [6.07, 6.45) is 4.63. The zero-order chi connectivity index (χ0) is 16.4. The number of carbonyl (C=O) groups excluding carboxylic acids is 2. The van der Waals surface area contributed by atoms with Gasteiger partial charge in [0.1, 0.15) is 0 Å². The van der Waals surface area contributed by atoms with E-state index < -0.39 is 5.91 Å². The molecule has 1 fully saturated rings. The zero-order valence-electron chi connectivity index (χ0n) is 12.3. The minimum absolute atomic E-state index is 0.140. The SMILES string of the molecule is O=C(c1ccn(C(=O)c2ccc(Cl)cc2Cl)n1)N1CCCCC1. The molecule has 0 N–H and O–H groups in total. The minimum atomic E-state index is -0.399. The first kappa shape index (κ1) is 16.0. The van der Waals surface area contributed by atoms with Gasteiger partial charge in [-0.3, -0.25) is 9.59 Å². The van der Waals surface area contributed by atoms with Gasteiger partial charge in [0.2, 0.25) is 0 Å². The molecule has 0 aliphatic carbocycles. The van der Waals surface area contributed by atoms with Crippen molar-refractivity contribution < 1.29 is 9.59 Å². The highest BCUT2D eigenvalue weighted by Crippen LogP contribution is 2.22. The van der Waals surface area contributed by atoms with Gasteiger partial charge in [-0.15, -0.1) is 0 Å². The molecule has 1 aromatic carbocycles. The first-order valence-corrected chi connectivity index (χ1v) is 8.16. The predicted molar refractivity (Wildman–Crippen MR) is 88.2 cm³/mol. The maximum atomic E-state index is 12.4. The van der Waals surface area contributed by atoms with Gasteiger partial charge in [-0.2, -0.15) is 5.10 Å². The van der Waals surface area contributed by atoms with Crippen LogP contribution in [0.5, 0.6) is 0 Å². The van der Waals surface area contributed by atoms with Crippen LogP contribution in [-0.2, 0) is 0 Å². The van der Waals surface area contributed by atoms with E-state index in [4.69, 9.17) is 23.2 Å². The lowest BCUT2D eigenvalue weighted by Crippen LogP contribution is -2.36. The molecule has 7 heteroatoms. The molecule has 120 valence electrons. The number of piperidine rings is 1. The van der Waals surface area contributed by atoms with Gasteiger partial charge in [0.15, 0.2) is 5.69 Å². The molecule has 3 rings (SSSR count). The van der Waals surface area contributed by atoms with E-state index in [0.717, 1.165) is 37.0 Å². The number of aromatic nitrogens is 2. The molecule has 23 heavy (non-hydrogen) atoms. The molecule has 1 aliphatic heterocycles. The number of hydrogen-bond acceptors (Lipinski definition) is 3. The van der Waals surface area contributed by atoms with E-state index in [-0.39, 0.29) is 22.2 Å². The molecule has 1 amide bonds. The number of benzene rings is 1. The Morgan fingerprint density at radius 2 is 1.74 bits per heavy atom. The molecule has 2 heterocycles. The fourth-order valence-electron chi connectivity index (χ4n) is 2.60. The van der Waals surface area contributed by atoms with Crippen LogP contribution in [0.15, 0.2) is 30.5 Å². The Morgan fingerprint density at radius 1 is 1.00 bits per heavy atom. The molecule has 1 saturated heterocycles. The summed E-state index contributed by atoms with van der Waals surface area (Å²) in [4.78, 5) is 26.6. The van der Waals surface area contributed by atoms with Gasteiger partial charge in [-0.25, -0.2) is 4.68 Å². The molecule has 2 aromatic rings. The molecule has 1 aromatic heterocycles. The Morgan fingerprint density at radius 3 is 2.43 bits per heavy atom. The van der Waals surface area contributed by atoms with Crippen molar-refractivity contribution in [2.24, 2.45) is 0 Å². The van der Waals surface area contributed by atoms with Crippen LogP contribution >= 0.6 is 23.2 Å². The Kier molecular flexibility index (Phi) is 4.68. The van der Waals surface area contributed by atoms with Gasteiger partial charge in [0.05, 0.1) is 10.6 Å². The average molecular weight is 352 g/mol. The van der Waals surface area contributed by atoms with Crippen molar-refractivity contribution in [3.8, 4) is 0 Å². The van der Waals surface area contributed by atoms with Crippen molar-refractivity contribution in [2.45, 2.75) is 19.3 Å². The highest BCUT2D eigenvalue weighted by atomic mass is 35.5. The second-order valence-corrected chi connectivity index (χ2v) is 6.27. The number of amides is 1. The molecule has 0 unspecified atom stereocenters. The summed E-state index contributed by atoms with van der Waals surface area (Å²) in [5.74, 6) is -0.539. The monoisotopic (exact) mass is 351 g/mol. The van der Waals surface area contributed by atoms with Gasteiger partial charge < -0.3 is 4.90 Å². The second kappa shape index (κ2) is 6.72. The molecule has 0 saturated carbocycles.